The van der Waals surface area contributed by atoms with Crippen molar-refractivity contribution in [2.24, 2.45) is 10.8 Å². The molecule has 0 amide bonds. The fourth-order valence-electron chi connectivity index (χ4n) is 2.00. The second-order valence-corrected chi connectivity index (χ2v) is 4.58. The fourth-order valence-corrected chi connectivity index (χ4v) is 2.00. The summed E-state index contributed by atoms with van der Waals surface area (Å²) in [6.45, 7) is 3.57. The minimum Gasteiger partial charge on any atom is -0.355 e. The molecule has 2 rings (SSSR count). The fraction of sp³-hybridized carbons (Fsp3) is 0.333. The van der Waals surface area contributed by atoms with Crippen LogP contribution >= 0.6 is 0 Å². The van der Waals surface area contributed by atoms with Crippen molar-refractivity contribution in [3.63, 3.8) is 0 Å². The molecule has 4 N–H and O–H groups in total. The zero-order valence-corrected chi connectivity index (χ0v) is 11.8. The lowest BCUT2D eigenvalue weighted by Gasteiger charge is -2.09. The van der Waals surface area contributed by atoms with Crippen LogP contribution in [0.3, 0.4) is 0 Å². The molecule has 0 radical (unpaired) electrons. The van der Waals surface area contributed by atoms with Gasteiger partial charge < -0.3 is 5.32 Å². The number of nitrogens with zero attached hydrogens (tertiary/aromatic N) is 2. The number of hydrogen-bond acceptors (Lipinski definition) is 3. The zero-order valence-electron chi connectivity index (χ0n) is 11.8. The van der Waals surface area contributed by atoms with Crippen LogP contribution in [0.1, 0.15) is 25.3 Å². The average molecular weight is 271 g/mol. The van der Waals surface area contributed by atoms with Gasteiger partial charge in [-0.3, -0.25) is 10.4 Å². The molecule has 0 aliphatic heterocycles. The van der Waals surface area contributed by atoms with Gasteiger partial charge in [0.15, 0.2) is 0 Å². The first kappa shape index (κ1) is 14.3. The minimum absolute atomic E-state index is 0.549. The number of rotatable bonds is 5. The molecule has 0 saturated heterocycles. The second-order valence-electron chi connectivity index (χ2n) is 4.58. The van der Waals surface area contributed by atoms with Gasteiger partial charge in [-0.2, -0.15) is 0 Å². The van der Waals surface area contributed by atoms with Crippen molar-refractivity contribution in [1.29, 1.82) is 0 Å². The third-order valence-corrected chi connectivity index (χ3v) is 3.08. The van der Waals surface area contributed by atoms with E-state index < -0.39 is 0 Å². The molecule has 106 valence electrons. The highest BCUT2D eigenvalue weighted by atomic mass is 15.3. The summed E-state index contributed by atoms with van der Waals surface area (Å²) in [4.78, 5) is 8.88. The van der Waals surface area contributed by atoms with Crippen molar-refractivity contribution >= 4 is 16.9 Å². The number of guanidine groups is 1. The molecular formula is C15H21N5. The maximum Gasteiger partial charge on any atom is 0.206 e. The third kappa shape index (κ3) is 3.68. The summed E-state index contributed by atoms with van der Waals surface area (Å²) >= 11 is 0. The summed E-state index contributed by atoms with van der Waals surface area (Å²) < 4.78 is 0. The van der Waals surface area contributed by atoms with Crippen LogP contribution in [0, 0.1) is 0 Å². The number of hydrazine groups is 1. The Labute approximate surface area is 119 Å². The lowest BCUT2D eigenvalue weighted by atomic mass is 10.1. The molecular weight excluding hydrogens is 250 g/mol. The van der Waals surface area contributed by atoms with E-state index in [1.54, 1.807) is 6.20 Å². The predicted molar refractivity (Wildman–Crippen MR) is 83.1 cm³/mol. The van der Waals surface area contributed by atoms with Crippen LogP contribution in [0.4, 0.5) is 0 Å². The summed E-state index contributed by atoms with van der Waals surface area (Å²) in [7, 11) is 0. The van der Waals surface area contributed by atoms with Gasteiger partial charge in [-0.1, -0.05) is 37.6 Å². The largest absolute Gasteiger partial charge is 0.355 e. The summed E-state index contributed by atoms with van der Waals surface area (Å²) in [6, 6.07) is 10.1. The Morgan fingerprint density at radius 3 is 2.95 bits per heavy atom. The molecule has 0 fully saturated rings. The number of aliphatic imine (C=N–C) groups is 1. The van der Waals surface area contributed by atoms with Crippen molar-refractivity contribution in [2.75, 3.05) is 6.54 Å². The SMILES string of the molecule is CCCCNC(=NCc1cccc2cccnc12)NN. The van der Waals surface area contributed by atoms with Gasteiger partial charge in [-0.15, -0.1) is 0 Å². The van der Waals surface area contributed by atoms with Crippen LogP contribution in [0.5, 0.6) is 0 Å². The van der Waals surface area contributed by atoms with Gasteiger partial charge in [0.25, 0.3) is 0 Å². The zero-order chi connectivity index (χ0) is 14.2. The lowest BCUT2D eigenvalue weighted by molar-refractivity contribution is 0.732. The molecule has 2 aromatic rings. The molecule has 0 atom stereocenters. The maximum atomic E-state index is 5.47. The Bertz CT molecular complexity index is 574. The number of nitrogens with two attached hydrogens (primary N) is 1. The first-order chi connectivity index (χ1) is 9.85. The van der Waals surface area contributed by atoms with Gasteiger partial charge in [0.1, 0.15) is 0 Å². The highest BCUT2D eigenvalue weighted by Gasteiger charge is 2.01. The number of fused-ring (bicyclic) bond motifs is 1. The number of hydrogen-bond donors (Lipinski definition) is 3. The lowest BCUT2D eigenvalue weighted by Crippen LogP contribution is -2.41. The number of nitrogens with one attached hydrogen (secondary N) is 2. The average Bonchev–Trinajstić information content (AvgIpc) is 2.50. The van der Waals surface area contributed by atoms with Crippen molar-refractivity contribution in [1.82, 2.24) is 15.7 Å². The molecule has 20 heavy (non-hydrogen) atoms. The van der Waals surface area contributed by atoms with E-state index in [9.17, 15) is 0 Å². The first-order valence-electron chi connectivity index (χ1n) is 6.92. The topological polar surface area (TPSA) is 75.3 Å². The molecule has 1 heterocycles. The van der Waals surface area contributed by atoms with Crippen LogP contribution in [0.15, 0.2) is 41.5 Å². The maximum absolute atomic E-state index is 5.47. The van der Waals surface area contributed by atoms with E-state index in [4.69, 9.17) is 5.84 Å². The molecule has 0 aliphatic rings. The molecule has 5 nitrogen and oxygen atoms in total. The monoisotopic (exact) mass is 271 g/mol. The summed E-state index contributed by atoms with van der Waals surface area (Å²) in [5.74, 6) is 6.09. The Hall–Kier alpha value is -2.14. The van der Waals surface area contributed by atoms with Crippen molar-refractivity contribution < 1.29 is 0 Å². The normalized spacial score (nSPS) is 11.6. The number of pyridine rings is 1. The van der Waals surface area contributed by atoms with E-state index >= 15 is 0 Å². The highest BCUT2D eigenvalue weighted by molar-refractivity contribution is 5.82. The van der Waals surface area contributed by atoms with E-state index in [0.717, 1.165) is 35.9 Å². The van der Waals surface area contributed by atoms with E-state index in [0.29, 0.717) is 12.5 Å². The Morgan fingerprint density at radius 1 is 1.30 bits per heavy atom. The Balaban J connectivity index is 2.10. The molecule has 0 aliphatic carbocycles. The smallest absolute Gasteiger partial charge is 0.206 e. The Kier molecular flexibility index (Phi) is 5.32. The molecule has 0 unspecified atom stereocenters. The second kappa shape index (κ2) is 7.45. The van der Waals surface area contributed by atoms with Crippen LogP contribution in [0.2, 0.25) is 0 Å². The number of benzene rings is 1. The first-order valence-corrected chi connectivity index (χ1v) is 6.92. The van der Waals surface area contributed by atoms with Crippen LogP contribution in [-0.2, 0) is 6.54 Å². The summed E-state index contributed by atoms with van der Waals surface area (Å²) in [5.41, 5.74) is 4.68. The van der Waals surface area contributed by atoms with Crippen molar-refractivity contribution in [3.8, 4) is 0 Å². The molecule has 1 aromatic carbocycles. The van der Waals surface area contributed by atoms with Gasteiger partial charge in [0, 0.05) is 18.1 Å². The van der Waals surface area contributed by atoms with Crippen molar-refractivity contribution in [2.45, 2.75) is 26.3 Å². The summed E-state index contributed by atoms with van der Waals surface area (Å²) in [5, 5.41) is 4.31. The number of aromatic nitrogens is 1. The highest BCUT2D eigenvalue weighted by Crippen LogP contribution is 2.16. The van der Waals surface area contributed by atoms with Crippen LogP contribution < -0.4 is 16.6 Å². The Morgan fingerprint density at radius 2 is 2.15 bits per heavy atom. The van der Waals surface area contributed by atoms with Crippen LogP contribution in [0.25, 0.3) is 10.9 Å². The van der Waals surface area contributed by atoms with E-state index in [1.807, 2.05) is 18.2 Å². The van der Waals surface area contributed by atoms with Crippen molar-refractivity contribution in [3.05, 3.63) is 42.1 Å². The molecule has 0 bridgehead atoms. The van der Waals surface area contributed by atoms with E-state index in [-0.39, 0.29) is 0 Å². The quantitative estimate of drug-likeness (QED) is 0.255. The molecule has 1 aromatic heterocycles. The number of unbranched alkanes of at least 4 members (excludes halogenated alkanes) is 1. The van der Waals surface area contributed by atoms with Gasteiger partial charge in [-0.25, -0.2) is 10.8 Å². The molecule has 5 heteroatoms. The molecule has 0 spiro atoms. The van der Waals surface area contributed by atoms with Gasteiger partial charge in [0.05, 0.1) is 12.1 Å². The third-order valence-electron chi connectivity index (χ3n) is 3.08. The standard InChI is InChI=1S/C15H21N5/c1-2-3-9-18-15(20-16)19-11-13-7-4-6-12-8-5-10-17-14(12)13/h4-8,10H,2-3,9,11,16H2,1H3,(H2,18,19,20). The summed E-state index contributed by atoms with van der Waals surface area (Å²) in [6.07, 6.45) is 4.03. The predicted octanol–water partition coefficient (Wildman–Crippen LogP) is 1.94. The van der Waals surface area contributed by atoms with Crippen LogP contribution in [-0.4, -0.2) is 17.5 Å². The number of para-hydroxylation sites is 1. The molecule has 0 saturated carbocycles. The van der Waals surface area contributed by atoms with E-state index in [1.165, 1.54) is 0 Å². The van der Waals surface area contributed by atoms with Gasteiger partial charge >= 0.3 is 0 Å². The minimum atomic E-state index is 0.549. The van der Waals surface area contributed by atoms with Gasteiger partial charge in [-0.05, 0) is 18.1 Å². The van der Waals surface area contributed by atoms with E-state index in [2.05, 4.69) is 39.8 Å². The van der Waals surface area contributed by atoms with Gasteiger partial charge in [0.2, 0.25) is 5.96 Å².